The van der Waals surface area contributed by atoms with Gasteiger partial charge < -0.3 is 5.32 Å². The molecule has 0 rings (SSSR count). The highest BCUT2D eigenvalue weighted by atomic mass is 32.2. The molecule has 0 radical (unpaired) electrons. The number of hydrogen-bond acceptors (Lipinski definition) is 3. The monoisotopic (exact) mass is 202 g/mol. The van der Waals surface area contributed by atoms with Crippen LogP contribution in [-0.2, 0) is 10.8 Å². The van der Waals surface area contributed by atoms with Crippen LogP contribution in [0.1, 0.15) is 26.2 Å². The number of rotatable bonds is 7. The summed E-state index contributed by atoms with van der Waals surface area (Å²) in [7, 11) is -0.719. The van der Waals surface area contributed by atoms with E-state index in [1.54, 1.807) is 6.26 Å². The Morgan fingerprint density at radius 3 is 2.77 bits per heavy atom. The van der Waals surface area contributed by atoms with E-state index in [2.05, 4.69) is 11.4 Å². The molecule has 0 spiro atoms. The number of nitrogens with one attached hydrogen (secondary N) is 1. The predicted octanol–water partition coefficient (Wildman–Crippen LogP) is 1.04. The average molecular weight is 202 g/mol. The highest BCUT2D eigenvalue weighted by molar-refractivity contribution is 7.84. The van der Waals surface area contributed by atoms with E-state index >= 15 is 0 Å². The van der Waals surface area contributed by atoms with Crippen LogP contribution in [0.4, 0.5) is 0 Å². The summed E-state index contributed by atoms with van der Waals surface area (Å²) in [4.78, 5) is 0. The lowest BCUT2D eigenvalue weighted by Crippen LogP contribution is -2.31. The summed E-state index contributed by atoms with van der Waals surface area (Å²) < 4.78 is 10.8. The van der Waals surface area contributed by atoms with Gasteiger partial charge in [0.15, 0.2) is 0 Å². The highest BCUT2D eigenvalue weighted by Gasteiger charge is 2.01. The van der Waals surface area contributed by atoms with Gasteiger partial charge in [0.1, 0.15) is 0 Å². The Balaban J connectivity index is 3.22. The second-order valence-corrected chi connectivity index (χ2v) is 4.69. The summed E-state index contributed by atoms with van der Waals surface area (Å²) in [5, 5.41) is 11.6. The number of nitriles is 1. The van der Waals surface area contributed by atoms with E-state index in [0.717, 1.165) is 19.4 Å². The first-order valence-electron chi connectivity index (χ1n) is 4.57. The van der Waals surface area contributed by atoms with Crippen molar-refractivity contribution < 1.29 is 4.21 Å². The molecule has 0 aliphatic heterocycles. The molecule has 3 nitrogen and oxygen atoms in total. The van der Waals surface area contributed by atoms with Crippen LogP contribution in [0.5, 0.6) is 0 Å². The van der Waals surface area contributed by atoms with Gasteiger partial charge in [-0.15, -0.1) is 0 Å². The summed E-state index contributed by atoms with van der Waals surface area (Å²) >= 11 is 0. The maximum absolute atomic E-state index is 10.8. The Bertz CT molecular complexity index is 189. The maximum Gasteiger partial charge on any atom is 0.0621 e. The molecule has 13 heavy (non-hydrogen) atoms. The molecule has 0 aromatic heterocycles. The molecule has 0 aromatic carbocycles. The minimum atomic E-state index is -0.719. The molecule has 76 valence electrons. The molecule has 0 amide bonds. The van der Waals surface area contributed by atoms with Crippen LogP contribution in [-0.4, -0.2) is 28.8 Å². The van der Waals surface area contributed by atoms with Crippen LogP contribution in [0.15, 0.2) is 0 Å². The van der Waals surface area contributed by atoms with E-state index in [4.69, 9.17) is 5.26 Å². The summed E-state index contributed by atoms with van der Waals surface area (Å²) in [6.45, 7) is 2.95. The molecule has 0 saturated heterocycles. The Labute approximate surface area is 83.0 Å². The zero-order chi connectivity index (χ0) is 10.1. The Hall–Kier alpha value is -0.400. The first-order valence-corrected chi connectivity index (χ1v) is 6.30. The van der Waals surface area contributed by atoms with Crippen LogP contribution in [0.25, 0.3) is 0 Å². The molecule has 0 aliphatic carbocycles. The Morgan fingerprint density at radius 1 is 1.54 bits per heavy atom. The van der Waals surface area contributed by atoms with Crippen LogP contribution in [0.3, 0.4) is 0 Å². The van der Waals surface area contributed by atoms with Gasteiger partial charge in [-0.2, -0.15) is 5.26 Å². The average Bonchev–Trinajstić information content (AvgIpc) is 2.02. The molecule has 1 N–H and O–H groups in total. The summed E-state index contributed by atoms with van der Waals surface area (Å²) in [6.07, 6.45) is 4.32. The molecule has 0 fully saturated rings. The SMILES string of the molecule is CC(CS(C)=O)NCCCCC#N. The number of unbranched alkanes of at least 4 members (excludes halogenated alkanes) is 2. The fraction of sp³-hybridized carbons (Fsp3) is 0.889. The van der Waals surface area contributed by atoms with E-state index in [9.17, 15) is 4.21 Å². The van der Waals surface area contributed by atoms with Crippen molar-refractivity contribution in [3.8, 4) is 6.07 Å². The second kappa shape index (κ2) is 8.21. The first-order chi connectivity index (χ1) is 6.16. The lowest BCUT2D eigenvalue weighted by atomic mass is 10.2. The van der Waals surface area contributed by atoms with Crippen molar-refractivity contribution in [3.63, 3.8) is 0 Å². The number of hydrogen-bond donors (Lipinski definition) is 1. The molecule has 0 heterocycles. The van der Waals surface area contributed by atoms with Crippen molar-refractivity contribution in [2.24, 2.45) is 0 Å². The van der Waals surface area contributed by atoms with Crippen molar-refractivity contribution in [2.75, 3.05) is 18.6 Å². The fourth-order valence-electron chi connectivity index (χ4n) is 1.09. The van der Waals surface area contributed by atoms with E-state index in [1.807, 2.05) is 6.92 Å². The van der Waals surface area contributed by atoms with Crippen LogP contribution in [0.2, 0.25) is 0 Å². The minimum Gasteiger partial charge on any atom is -0.313 e. The van der Waals surface area contributed by atoms with E-state index in [1.165, 1.54) is 0 Å². The van der Waals surface area contributed by atoms with Gasteiger partial charge in [0, 0.05) is 35.3 Å². The summed E-state index contributed by atoms with van der Waals surface area (Å²) in [5.74, 6) is 0.707. The van der Waals surface area contributed by atoms with Crippen molar-refractivity contribution in [2.45, 2.75) is 32.2 Å². The van der Waals surface area contributed by atoms with Crippen LogP contribution in [0, 0.1) is 11.3 Å². The molecule has 0 bridgehead atoms. The third kappa shape index (κ3) is 9.51. The van der Waals surface area contributed by atoms with Gasteiger partial charge in [0.2, 0.25) is 0 Å². The summed E-state index contributed by atoms with van der Waals surface area (Å²) in [5.41, 5.74) is 0. The molecule has 2 unspecified atom stereocenters. The van der Waals surface area contributed by atoms with Crippen LogP contribution >= 0.6 is 0 Å². The van der Waals surface area contributed by atoms with E-state index in [0.29, 0.717) is 18.2 Å². The zero-order valence-electron chi connectivity index (χ0n) is 8.38. The van der Waals surface area contributed by atoms with Gasteiger partial charge in [-0.05, 0) is 26.3 Å². The molecule has 4 heteroatoms. The van der Waals surface area contributed by atoms with Crippen molar-refractivity contribution in [1.29, 1.82) is 5.26 Å². The molecule has 2 atom stereocenters. The van der Waals surface area contributed by atoms with E-state index < -0.39 is 10.8 Å². The van der Waals surface area contributed by atoms with Crippen molar-refractivity contribution in [3.05, 3.63) is 0 Å². The Kier molecular flexibility index (Phi) is 7.96. The fourth-order valence-corrected chi connectivity index (χ4v) is 1.91. The van der Waals surface area contributed by atoms with Crippen molar-refractivity contribution >= 4 is 10.8 Å². The Morgan fingerprint density at radius 2 is 2.23 bits per heavy atom. The lowest BCUT2D eigenvalue weighted by Gasteiger charge is -2.11. The summed E-state index contributed by atoms with van der Waals surface area (Å²) in [6, 6.07) is 2.42. The maximum atomic E-state index is 10.8. The standard InChI is InChI=1S/C9H18N2OS/c1-9(8-13(2)12)11-7-5-3-4-6-10/h9,11H,3-5,7-8H2,1-2H3. The molecule has 0 aromatic rings. The van der Waals surface area contributed by atoms with Crippen LogP contribution < -0.4 is 5.32 Å². The van der Waals surface area contributed by atoms with E-state index in [-0.39, 0.29) is 0 Å². The second-order valence-electron chi connectivity index (χ2n) is 3.21. The predicted molar refractivity (Wildman–Crippen MR) is 55.9 cm³/mol. The molecular formula is C9H18N2OS. The zero-order valence-corrected chi connectivity index (χ0v) is 9.19. The third-order valence-corrected chi connectivity index (χ3v) is 2.66. The minimum absolute atomic E-state index is 0.313. The smallest absolute Gasteiger partial charge is 0.0621 e. The van der Waals surface area contributed by atoms with Gasteiger partial charge in [-0.25, -0.2) is 0 Å². The molecular weight excluding hydrogens is 184 g/mol. The van der Waals surface area contributed by atoms with Gasteiger partial charge in [-0.1, -0.05) is 0 Å². The van der Waals surface area contributed by atoms with Gasteiger partial charge >= 0.3 is 0 Å². The molecule has 0 aliphatic rings. The van der Waals surface area contributed by atoms with Gasteiger partial charge in [-0.3, -0.25) is 4.21 Å². The first kappa shape index (κ1) is 12.6. The highest BCUT2D eigenvalue weighted by Crippen LogP contribution is 1.93. The van der Waals surface area contributed by atoms with Gasteiger partial charge in [0.25, 0.3) is 0 Å². The quantitative estimate of drug-likeness (QED) is 0.627. The normalized spacial score (nSPS) is 14.8. The largest absolute Gasteiger partial charge is 0.313 e. The third-order valence-electron chi connectivity index (χ3n) is 1.69. The topological polar surface area (TPSA) is 52.9 Å². The van der Waals surface area contributed by atoms with Gasteiger partial charge in [0.05, 0.1) is 6.07 Å². The number of nitrogens with zero attached hydrogens (tertiary/aromatic N) is 1. The van der Waals surface area contributed by atoms with Crippen molar-refractivity contribution in [1.82, 2.24) is 5.32 Å². The molecule has 0 saturated carbocycles. The lowest BCUT2D eigenvalue weighted by molar-refractivity contribution is 0.560.